The standard InChI is InChI=1S/C21H14N2O2/c22-12-14-5-8-17(9-6-14)23-20(24)11-16-13-25-19-10-7-15-3-1-2-4-18(15)21(16)19/h1-10,13H,11H2,(H,23,24). The van der Waals surface area contributed by atoms with Crippen molar-refractivity contribution in [3.63, 3.8) is 0 Å². The quantitative estimate of drug-likeness (QED) is 0.596. The Kier molecular flexibility index (Phi) is 3.68. The summed E-state index contributed by atoms with van der Waals surface area (Å²) in [5.74, 6) is -0.125. The number of amides is 1. The van der Waals surface area contributed by atoms with Crippen LogP contribution in [0.3, 0.4) is 0 Å². The Morgan fingerprint density at radius 1 is 1.04 bits per heavy atom. The molecule has 0 spiro atoms. The van der Waals surface area contributed by atoms with E-state index in [9.17, 15) is 4.79 Å². The monoisotopic (exact) mass is 326 g/mol. The van der Waals surface area contributed by atoms with Gasteiger partial charge in [0.2, 0.25) is 5.91 Å². The number of carbonyl (C=O) groups excluding carboxylic acids is 1. The lowest BCUT2D eigenvalue weighted by Crippen LogP contribution is -2.14. The summed E-state index contributed by atoms with van der Waals surface area (Å²) < 4.78 is 5.62. The van der Waals surface area contributed by atoms with Crippen LogP contribution in [0, 0.1) is 11.3 Å². The summed E-state index contributed by atoms with van der Waals surface area (Å²) in [4.78, 5) is 12.4. The van der Waals surface area contributed by atoms with Crippen LogP contribution in [0.25, 0.3) is 21.7 Å². The Balaban J connectivity index is 1.62. The maximum Gasteiger partial charge on any atom is 0.228 e. The fraction of sp³-hybridized carbons (Fsp3) is 0.0476. The van der Waals surface area contributed by atoms with Gasteiger partial charge >= 0.3 is 0 Å². The van der Waals surface area contributed by atoms with Crippen LogP contribution in [0.2, 0.25) is 0 Å². The number of carbonyl (C=O) groups is 1. The lowest BCUT2D eigenvalue weighted by molar-refractivity contribution is -0.115. The number of hydrogen-bond acceptors (Lipinski definition) is 3. The molecule has 0 aliphatic heterocycles. The molecule has 3 aromatic carbocycles. The molecule has 4 aromatic rings. The Bertz CT molecular complexity index is 1120. The van der Waals surface area contributed by atoms with Gasteiger partial charge in [0.15, 0.2) is 0 Å². The van der Waals surface area contributed by atoms with E-state index in [4.69, 9.17) is 9.68 Å². The molecule has 1 heterocycles. The molecule has 120 valence electrons. The van der Waals surface area contributed by atoms with Crippen molar-refractivity contribution in [2.75, 3.05) is 5.32 Å². The molecule has 4 heteroatoms. The lowest BCUT2D eigenvalue weighted by Gasteiger charge is -2.05. The first kappa shape index (κ1) is 15.0. The zero-order valence-electron chi connectivity index (χ0n) is 13.3. The molecular weight excluding hydrogens is 312 g/mol. The molecule has 1 amide bonds. The number of hydrogen-bond donors (Lipinski definition) is 1. The minimum absolute atomic E-state index is 0.125. The second-order valence-electron chi connectivity index (χ2n) is 5.83. The molecule has 1 N–H and O–H groups in total. The van der Waals surface area contributed by atoms with Crippen LogP contribution >= 0.6 is 0 Å². The highest BCUT2D eigenvalue weighted by Gasteiger charge is 2.13. The van der Waals surface area contributed by atoms with Crippen LogP contribution in [-0.4, -0.2) is 5.91 Å². The van der Waals surface area contributed by atoms with E-state index in [1.807, 2.05) is 36.4 Å². The van der Waals surface area contributed by atoms with Gasteiger partial charge in [0.1, 0.15) is 5.58 Å². The average Bonchev–Trinajstić information content (AvgIpc) is 3.05. The van der Waals surface area contributed by atoms with E-state index in [-0.39, 0.29) is 12.3 Å². The summed E-state index contributed by atoms with van der Waals surface area (Å²) in [5.41, 5.74) is 2.87. The first-order chi connectivity index (χ1) is 12.2. The normalized spacial score (nSPS) is 10.7. The van der Waals surface area contributed by atoms with Crippen molar-refractivity contribution in [1.82, 2.24) is 0 Å². The number of nitrogens with one attached hydrogen (secondary N) is 1. The highest BCUT2D eigenvalue weighted by molar-refractivity contribution is 6.09. The maximum atomic E-state index is 12.4. The number of fused-ring (bicyclic) bond motifs is 3. The van der Waals surface area contributed by atoms with Gasteiger partial charge in [0.05, 0.1) is 24.3 Å². The highest BCUT2D eigenvalue weighted by Crippen LogP contribution is 2.30. The largest absolute Gasteiger partial charge is 0.464 e. The van der Waals surface area contributed by atoms with Crippen LogP contribution in [0.4, 0.5) is 5.69 Å². The third-order valence-electron chi connectivity index (χ3n) is 4.19. The molecular formula is C21H14N2O2. The third-order valence-corrected chi connectivity index (χ3v) is 4.19. The average molecular weight is 326 g/mol. The molecule has 0 bridgehead atoms. The number of nitrogens with zero attached hydrogens (tertiary/aromatic N) is 1. The Labute approximate surface area is 144 Å². The van der Waals surface area contributed by atoms with Gasteiger partial charge in [-0.25, -0.2) is 0 Å². The fourth-order valence-electron chi connectivity index (χ4n) is 3.01. The predicted molar refractivity (Wildman–Crippen MR) is 97.2 cm³/mol. The molecule has 0 aliphatic rings. The van der Waals surface area contributed by atoms with E-state index < -0.39 is 0 Å². The first-order valence-electron chi connectivity index (χ1n) is 7.92. The number of benzene rings is 3. The van der Waals surface area contributed by atoms with Crippen LogP contribution < -0.4 is 5.32 Å². The van der Waals surface area contributed by atoms with Crippen LogP contribution in [-0.2, 0) is 11.2 Å². The Morgan fingerprint density at radius 2 is 1.84 bits per heavy atom. The van der Waals surface area contributed by atoms with Crippen molar-refractivity contribution in [1.29, 1.82) is 5.26 Å². The molecule has 0 aliphatic carbocycles. The first-order valence-corrected chi connectivity index (χ1v) is 7.92. The van der Waals surface area contributed by atoms with Gasteiger partial charge in [-0.15, -0.1) is 0 Å². The van der Waals surface area contributed by atoms with Gasteiger partial charge in [0, 0.05) is 16.6 Å². The van der Waals surface area contributed by atoms with E-state index in [0.29, 0.717) is 11.3 Å². The lowest BCUT2D eigenvalue weighted by atomic mass is 10.0. The molecule has 1 aromatic heterocycles. The summed E-state index contributed by atoms with van der Waals surface area (Å²) in [7, 11) is 0. The fourth-order valence-corrected chi connectivity index (χ4v) is 3.01. The molecule has 0 radical (unpaired) electrons. The van der Waals surface area contributed by atoms with Gasteiger partial charge in [-0.1, -0.05) is 30.3 Å². The molecule has 0 saturated heterocycles. The summed E-state index contributed by atoms with van der Waals surface area (Å²) in [6, 6.07) is 20.9. The Hall–Kier alpha value is -3.58. The van der Waals surface area contributed by atoms with Gasteiger partial charge in [-0.3, -0.25) is 4.79 Å². The zero-order valence-corrected chi connectivity index (χ0v) is 13.3. The number of nitriles is 1. The summed E-state index contributed by atoms with van der Waals surface area (Å²) in [6.07, 6.45) is 1.87. The second kappa shape index (κ2) is 6.14. The smallest absolute Gasteiger partial charge is 0.228 e. The molecule has 25 heavy (non-hydrogen) atoms. The number of rotatable bonds is 3. The van der Waals surface area contributed by atoms with Crippen molar-refractivity contribution in [2.45, 2.75) is 6.42 Å². The topological polar surface area (TPSA) is 66.0 Å². The summed E-state index contributed by atoms with van der Waals surface area (Å²) in [5, 5.41) is 14.8. The van der Waals surface area contributed by atoms with Gasteiger partial charge in [0.25, 0.3) is 0 Å². The van der Waals surface area contributed by atoms with Crippen molar-refractivity contribution in [2.24, 2.45) is 0 Å². The maximum absolute atomic E-state index is 12.4. The van der Waals surface area contributed by atoms with Gasteiger partial charge < -0.3 is 9.73 Å². The molecule has 4 nitrogen and oxygen atoms in total. The number of anilines is 1. The third kappa shape index (κ3) is 2.84. The molecule has 0 atom stereocenters. The zero-order chi connectivity index (χ0) is 17.2. The van der Waals surface area contributed by atoms with E-state index >= 15 is 0 Å². The minimum Gasteiger partial charge on any atom is -0.464 e. The van der Waals surface area contributed by atoms with Gasteiger partial charge in [-0.2, -0.15) is 5.26 Å². The van der Waals surface area contributed by atoms with Gasteiger partial charge in [-0.05, 0) is 41.1 Å². The van der Waals surface area contributed by atoms with Crippen LogP contribution in [0.1, 0.15) is 11.1 Å². The summed E-state index contributed by atoms with van der Waals surface area (Å²) in [6.45, 7) is 0. The van der Waals surface area contributed by atoms with Crippen molar-refractivity contribution in [3.05, 3.63) is 78.1 Å². The van der Waals surface area contributed by atoms with E-state index in [1.165, 1.54) is 0 Å². The second-order valence-corrected chi connectivity index (χ2v) is 5.83. The van der Waals surface area contributed by atoms with E-state index in [0.717, 1.165) is 27.3 Å². The van der Waals surface area contributed by atoms with E-state index in [1.54, 1.807) is 30.5 Å². The number of furan rings is 1. The van der Waals surface area contributed by atoms with Crippen LogP contribution in [0.5, 0.6) is 0 Å². The minimum atomic E-state index is -0.125. The molecule has 0 fully saturated rings. The van der Waals surface area contributed by atoms with Crippen LogP contribution in [0.15, 0.2) is 71.3 Å². The van der Waals surface area contributed by atoms with Crippen molar-refractivity contribution >= 4 is 33.3 Å². The molecule has 4 rings (SSSR count). The highest BCUT2D eigenvalue weighted by atomic mass is 16.3. The van der Waals surface area contributed by atoms with E-state index in [2.05, 4.69) is 11.4 Å². The Morgan fingerprint density at radius 3 is 2.64 bits per heavy atom. The molecule has 0 saturated carbocycles. The predicted octanol–water partition coefficient (Wildman–Crippen LogP) is 4.64. The van der Waals surface area contributed by atoms with Crippen molar-refractivity contribution < 1.29 is 9.21 Å². The summed E-state index contributed by atoms with van der Waals surface area (Å²) >= 11 is 0. The van der Waals surface area contributed by atoms with Crippen molar-refractivity contribution in [3.8, 4) is 6.07 Å². The molecule has 0 unspecified atom stereocenters. The SMILES string of the molecule is N#Cc1ccc(NC(=O)Cc2coc3ccc4ccccc4c23)cc1.